The van der Waals surface area contributed by atoms with Crippen molar-refractivity contribution in [2.24, 2.45) is 11.5 Å². The highest BCUT2D eigenvalue weighted by molar-refractivity contribution is 5.87. The Bertz CT molecular complexity index is 293. The Morgan fingerprint density at radius 1 is 1.29 bits per heavy atom. The lowest BCUT2D eigenvalue weighted by molar-refractivity contribution is -0.142. The first kappa shape index (κ1) is 15.4. The van der Waals surface area contributed by atoms with Gasteiger partial charge in [0.25, 0.3) is 0 Å². The van der Waals surface area contributed by atoms with Crippen LogP contribution in [0.3, 0.4) is 0 Å². The van der Waals surface area contributed by atoms with Gasteiger partial charge in [-0.25, -0.2) is 4.79 Å². The second kappa shape index (κ2) is 7.61. The van der Waals surface area contributed by atoms with Crippen molar-refractivity contribution in [3.8, 4) is 0 Å². The molecule has 0 heterocycles. The van der Waals surface area contributed by atoms with Crippen LogP contribution in [0.15, 0.2) is 0 Å². The fourth-order valence-corrected chi connectivity index (χ4v) is 1.26. The first-order valence-electron chi connectivity index (χ1n) is 5.45. The number of nitrogens with one attached hydrogen (secondary N) is 1. The largest absolute Gasteiger partial charge is 0.480 e. The van der Waals surface area contributed by atoms with Gasteiger partial charge in [0.1, 0.15) is 6.04 Å². The average Bonchev–Trinajstić information content (AvgIpc) is 2.23. The van der Waals surface area contributed by atoms with E-state index in [0.29, 0.717) is 6.42 Å². The fourth-order valence-electron chi connectivity index (χ4n) is 1.26. The minimum Gasteiger partial charge on any atom is -0.480 e. The van der Waals surface area contributed by atoms with Crippen LogP contribution >= 0.6 is 0 Å². The van der Waals surface area contributed by atoms with Gasteiger partial charge in [-0.3, -0.25) is 9.59 Å². The van der Waals surface area contributed by atoms with Crippen molar-refractivity contribution in [3.05, 3.63) is 0 Å². The lowest BCUT2D eigenvalue weighted by atomic mass is 10.1. The molecule has 0 aromatic rings. The highest BCUT2D eigenvalue weighted by atomic mass is 16.4. The third kappa shape index (κ3) is 6.52. The summed E-state index contributed by atoms with van der Waals surface area (Å²) in [5.74, 6) is -2.34. The van der Waals surface area contributed by atoms with Crippen LogP contribution in [0, 0.1) is 0 Å². The molecule has 0 aliphatic carbocycles. The van der Waals surface area contributed by atoms with Gasteiger partial charge < -0.3 is 21.9 Å². The molecular formula is C10H19N3O4. The number of carboxylic acids is 1. The Labute approximate surface area is 99.5 Å². The summed E-state index contributed by atoms with van der Waals surface area (Å²) in [6.07, 6.45) is 1.08. The van der Waals surface area contributed by atoms with Crippen LogP contribution in [-0.4, -0.2) is 35.0 Å². The monoisotopic (exact) mass is 245 g/mol. The Morgan fingerprint density at radius 3 is 2.29 bits per heavy atom. The van der Waals surface area contributed by atoms with E-state index in [-0.39, 0.29) is 12.8 Å². The fraction of sp³-hybridized carbons (Fsp3) is 0.700. The first-order valence-corrected chi connectivity index (χ1v) is 5.45. The summed E-state index contributed by atoms with van der Waals surface area (Å²) in [7, 11) is 0. The average molecular weight is 245 g/mol. The number of carbonyl (C=O) groups is 3. The topological polar surface area (TPSA) is 136 Å². The maximum atomic E-state index is 11.5. The van der Waals surface area contributed by atoms with Gasteiger partial charge in [0.15, 0.2) is 0 Å². The molecule has 2 amide bonds. The van der Waals surface area contributed by atoms with E-state index in [4.69, 9.17) is 16.6 Å². The summed E-state index contributed by atoms with van der Waals surface area (Å²) in [6.45, 7) is 1.87. The molecule has 0 bridgehead atoms. The number of rotatable bonds is 8. The molecular weight excluding hydrogens is 226 g/mol. The van der Waals surface area contributed by atoms with Gasteiger partial charge in [-0.05, 0) is 12.8 Å². The summed E-state index contributed by atoms with van der Waals surface area (Å²) < 4.78 is 0. The lowest BCUT2D eigenvalue weighted by Gasteiger charge is -2.16. The van der Waals surface area contributed by atoms with Gasteiger partial charge in [-0.1, -0.05) is 13.3 Å². The molecule has 0 spiro atoms. The molecule has 0 aromatic carbocycles. The van der Waals surface area contributed by atoms with E-state index in [1.54, 1.807) is 0 Å². The second-order valence-corrected chi connectivity index (χ2v) is 3.80. The minimum atomic E-state index is -1.21. The smallest absolute Gasteiger partial charge is 0.326 e. The van der Waals surface area contributed by atoms with Crippen molar-refractivity contribution in [2.75, 3.05) is 0 Å². The van der Waals surface area contributed by atoms with Gasteiger partial charge in [0, 0.05) is 6.42 Å². The maximum Gasteiger partial charge on any atom is 0.326 e. The van der Waals surface area contributed by atoms with E-state index in [0.717, 1.165) is 6.42 Å². The number of hydrogen-bond donors (Lipinski definition) is 4. The standard InChI is InChI=1S/C10H19N3O4/c1-2-3-6(11)9(15)13-7(10(16)17)4-5-8(12)14/h6-7H,2-5,11H2,1H3,(H2,12,14)(H,13,15)(H,16,17)/t6-,7?/m0/s1. The Balaban J connectivity index is 4.29. The summed E-state index contributed by atoms with van der Waals surface area (Å²) in [6, 6.07) is -1.85. The summed E-state index contributed by atoms with van der Waals surface area (Å²) in [5.41, 5.74) is 10.4. The summed E-state index contributed by atoms with van der Waals surface area (Å²) >= 11 is 0. The van der Waals surface area contributed by atoms with Crippen LogP contribution in [-0.2, 0) is 14.4 Å². The Morgan fingerprint density at radius 2 is 1.88 bits per heavy atom. The second-order valence-electron chi connectivity index (χ2n) is 3.80. The molecule has 0 saturated heterocycles. The van der Waals surface area contributed by atoms with Crippen molar-refractivity contribution in [1.82, 2.24) is 5.32 Å². The van der Waals surface area contributed by atoms with Crippen molar-refractivity contribution in [2.45, 2.75) is 44.7 Å². The molecule has 17 heavy (non-hydrogen) atoms. The Kier molecular flexibility index (Phi) is 6.88. The zero-order valence-corrected chi connectivity index (χ0v) is 9.81. The van der Waals surface area contributed by atoms with E-state index in [9.17, 15) is 14.4 Å². The van der Waals surface area contributed by atoms with E-state index < -0.39 is 29.9 Å². The number of carbonyl (C=O) groups excluding carboxylic acids is 2. The SMILES string of the molecule is CCC[C@H](N)C(=O)NC(CCC(N)=O)C(=O)O. The molecule has 0 fully saturated rings. The molecule has 2 atom stereocenters. The number of aliphatic carboxylic acids is 1. The van der Waals surface area contributed by atoms with E-state index in [2.05, 4.69) is 5.32 Å². The molecule has 98 valence electrons. The molecule has 7 heteroatoms. The third-order valence-corrected chi connectivity index (χ3v) is 2.23. The molecule has 0 radical (unpaired) electrons. The number of nitrogens with two attached hydrogens (primary N) is 2. The maximum absolute atomic E-state index is 11.5. The number of amides is 2. The minimum absolute atomic E-state index is 0.0325. The van der Waals surface area contributed by atoms with E-state index >= 15 is 0 Å². The number of hydrogen-bond acceptors (Lipinski definition) is 4. The molecule has 0 aliphatic rings. The van der Waals surface area contributed by atoms with E-state index in [1.165, 1.54) is 0 Å². The molecule has 6 N–H and O–H groups in total. The van der Waals surface area contributed by atoms with Gasteiger partial charge in [-0.15, -0.1) is 0 Å². The van der Waals surface area contributed by atoms with Gasteiger partial charge in [-0.2, -0.15) is 0 Å². The van der Waals surface area contributed by atoms with Crippen molar-refractivity contribution in [3.63, 3.8) is 0 Å². The molecule has 0 aromatic heterocycles. The predicted molar refractivity (Wildman–Crippen MR) is 60.9 cm³/mol. The number of carboxylic acid groups (broad SMARTS) is 1. The van der Waals surface area contributed by atoms with Crippen LogP contribution in [0.4, 0.5) is 0 Å². The summed E-state index contributed by atoms with van der Waals surface area (Å²) in [4.78, 5) is 32.8. The zero-order valence-electron chi connectivity index (χ0n) is 9.81. The van der Waals surface area contributed by atoms with Gasteiger partial charge >= 0.3 is 5.97 Å². The lowest BCUT2D eigenvalue weighted by Crippen LogP contribution is -2.48. The van der Waals surface area contributed by atoms with Crippen molar-refractivity contribution >= 4 is 17.8 Å². The normalized spacial score (nSPS) is 13.8. The summed E-state index contributed by atoms with van der Waals surface area (Å²) in [5, 5.41) is 11.1. The highest BCUT2D eigenvalue weighted by Crippen LogP contribution is 2.00. The van der Waals surface area contributed by atoms with Crippen LogP contribution in [0.1, 0.15) is 32.6 Å². The number of primary amides is 1. The molecule has 7 nitrogen and oxygen atoms in total. The molecule has 0 saturated carbocycles. The molecule has 1 unspecified atom stereocenters. The van der Waals surface area contributed by atoms with Crippen molar-refractivity contribution in [1.29, 1.82) is 0 Å². The predicted octanol–water partition coefficient (Wildman–Crippen LogP) is -1.05. The molecule has 0 aliphatic heterocycles. The van der Waals surface area contributed by atoms with Crippen LogP contribution in [0.25, 0.3) is 0 Å². The molecule has 0 rings (SSSR count). The van der Waals surface area contributed by atoms with Gasteiger partial charge in [0.05, 0.1) is 6.04 Å². The van der Waals surface area contributed by atoms with Crippen LogP contribution < -0.4 is 16.8 Å². The highest BCUT2D eigenvalue weighted by Gasteiger charge is 2.23. The van der Waals surface area contributed by atoms with Crippen LogP contribution in [0.5, 0.6) is 0 Å². The quantitative estimate of drug-likeness (QED) is 0.432. The van der Waals surface area contributed by atoms with Crippen molar-refractivity contribution < 1.29 is 19.5 Å². The van der Waals surface area contributed by atoms with E-state index in [1.807, 2.05) is 6.92 Å². The first-order chi connectivity index (χ1) is 7.88. The third-order valence-electron chi connectivity index (χ3n) is 2.23. The zero-order chi connectivity index (χ0) is 13.4. The van der Waals surface area contributed by atoms with Gasteiger partial charge in [0.2, 0.25) is 11.8 Å². The Hall–Kier alpha value is -1.63. The van der Waals surface area contributed by atoms with Crippen LogP contribution in [0.2, 0.25) is 0 Å².